The van der Waals surface area contributed by atoms with Crippen LogP contribution in [0.25, 0.3) is 0 Å². The summed E-state index contributed by atoms with van der Waals surface area (Å²) >= 11 is 6.08. The predicted octanol–water partition coefficient (Wildman–Crippen LogP) is 4.52. The Bertz CT molecular complexity index is 1100. The third kappa shape index (κ3) is 5.82. The van der Waals surface area contributed by atoms with Crippen LogP contribution in [-0.2, 0) is 22.4 Å². The van der Waals surface area contributed by atoms with Gasteiger partial charge in [-0.25, -0.2) is 0 Å². The molecule has 0 radical (unpaired) electrons. The largest absolute Gasteiger partial charge is 0.361 e. The molecule has 0 spiro atoms. The van der Waals surface area contributed by atoms with Gasteiger partial charge in [0, 0.05) is 17.6 Å². The molecule has 2 heterocycles. The molecule has 3 aromatic rings. The Morgan fingerprint density at radius 1 is 1.18 bits per heavy atom. The van der Waals surface area contributed by atoms with Gasteiger partial charge in [-0.3, -0.25) is 9.59 Å². The molecule has 6 nitrogen and oxygen atoms in total. The van der Waals surface area contributed by atoms with Crippen LogP contribution in [0.2, 0.25) is 5.02 Å². The zero-order valence-electron chi connectivity index (χ0n) is 18.8. The number of carbonyl (C=O) groups excluding carboxylic acids is 2. The molecule has 1 N–H and O–H groups in total. The number of rotatable bonds is 7. The molecule has 7 heteroatoms. The summed E-state index contributed by atoms with van der Waals surface area (Å²) < 4.78 is 5.21. The normalized spacial score (nSPS) is 18.8. The van der Waals surface area contributed by atoms with Crippen LogP contribution in [-0.4, -0.2) is 34.5 Å². The Morgan fingerprint density at radius 3 is 2.58 bits per heavy atom. The highest BCUT2D eigenvalue weighted by molar-refractivity contribution is 6.30. The van der Waals surface area contributed by atoms with E-state index in [0.717, 1.165) is 16.8 Å². The predicted molar refractivity (Wildman–Crippen MR) is 127 cm³/mol. The Morgan fingerprint density at radius 2 is 1.91 bits per heavy atom. The number of aromatic nitrogens is 1. The number of amides is 2. The van der Waals surface area contributed by atoms with Crippen LogP contribution >= 0.6 is 11.6 Å². The summed E-state index contributed by atoms with van der Waals surface area (Å²) in [4.78, 5) is 28.1. The highest BCUT2D eigenvalue weighted by atomic mass is 35.5. The van der Waals surface area contributed by atoms with Crippen molar-refractivity contribution in [3.63, 3.8) is 0 Å². The second-order valence-corrected chi connectivity index (χ2v) is 9.25. The molecule has 3 unspecified atom stereocenters. The molecule has 1 fully saturated rings. The van der Waals surface area contributed by atoms with Gasteiger partial charge in [-0.2, -0.15) is 0 Å². The van der Waals surface area contributed by atoms with E-state index in [9.17, 15) is 9.59 Å². The van der Waals surface area contributed by atoms with E-state index in [-0.39, 0.29) is 30.2 Å². The molecule has 1 aromatic heterocycles. The lowest BCUT2D eigenvalue weighted by molar-refractivity contribution is -0.138. The van der Waals surface area contributed by atoms with Crippen molar-refractivity contribution >= 4 is 23.4 Å². The maximum absolute atomic E-state index is 13.4. The second-order valence-electron chi connectivity index (χ2n) is 8.82. The van der Waals surface area contributed by atoms with E-state index >= 15 is 0 Å². The first-order chi connectivity index (χ1) is 15.9. The third-order valence-corrected chi connectivity index (χ3v) is 6.26. The van der Waals surface area contributed by atoms with Crippen molar-refractivity contribution in [2.24, 2.45) is 5.92 Å². The first-order valence-corrected chi connectivity index (χ1v) is 11.6. The van der Waals surface area contributed by atoms with Crippen LogP contribution in [0, 0.1) is 12.8 Å². The average molecular weight is 466 g/mol. The molecule has 3 atom stereocenters. The highest BCUT2D eigenvalue weighted by Crippen LogP contribution is 2.26. The smallest absolute Gasteiger partial charge is 0.243 e. The summed E-state index contributed by atoms with van der Waals surface area (Å²) in [7, 11) is 0. The molecule has 2 aromatic carbocycles. The van der Waals surface area contributed by atoms with Gasteiger partial charge in [0.2, 0.25) is 11.8 Å². The van der Waals surface area contributed by atoms with E-state index in [1.165, 1.54) is 0 Å². The monoisotopic (exact) mass is 465 g/mol. The molecule has 0 aliphatic carbocycles. The van der Waals surface area contributed by atoms with E-state index in [0.29, 0.717) is 30.2 Å². The zero-order valence-corrected chi connectivity index (χ0v) is 19.6. The molecular weight excluding hydrogens is 438 g/mol. The molecule has 33 heavy (non-hydrogen) atoms. The van der Waals surface area contributed by atoms with Gasteiger partial charge in [0.05, 0.1) is 18.2 Å². The fraction of sp³-hybridized carbons (Fsp3) is 0.346. The Hall–Kier alpha value is -3.12. The summed E-state index contributed by atoms with van der Waals surface area (Å²) in [6, 6.07) is 18.6. The summed E-state index contributed by atoms with van der Waals surface area (Å²) in [6.45, 7) is 4.43. The van der Waals surface area contributed by atoms with Crippen molar-refractivity contribution in [1.82, 2.24) is 15.4 Å². The number of carbonyl (C=O) groups is 2. The van der Waals surface area contributed by atoms with Crippen molar-refractivity contribution in [1.29, 1.82) is 0 Å². The van der Waals surface area contributed by atoms with Crippen molar-refractivity contribution in [3.8, 4) is 0 Å². The van der Waals surface area contributed by atoms with E-state index in [4.69, 9.17) is 16.1 Å². The third-order valence-electron chi connectivity index (χ3n) is 6.01. The summed E-state index contributed by atoms with van der Waals surface area (Å²) in [5.74, 6) is 0.489. The molecule has 1 saturated heterocycles. The molecule has 172 valence electrons. The standard InChI is InChI=1S/C26H28ClN3O3/c1-17-12-24(30(16-17)25(31)15-22-13-18(2)29-33-22)26(32)28-23(14-19-6-4-3-5-7-19)20-8-10-21(27)11-9-20/h3-11,13,17,23-24H,12,14-16H2,1-2H3,(H,28,32). The van der Waals surface area contributed by atoms with Gasteiger partial charge >= 0.3 is 0 Å². The lowest BCUT2D eigenvalue weighted by Gasteiger charge is -2.27. The number of halogens is 1. The second kappa shape index (κ2) is 10.2. The summed E-state index contributed by atoms with van der Waals surface area (Å²) in [6.07, 6.45) is 1.37. The number of aryl methyl sites for hydroxylation is 1. The number of nitrogens with one attached hydrogen (secondary N) is 1. The summed E-state index contributed by atoms with van der Waals surface area (Å²) in [5.41, 5.74) is 2.82. The number of hydrogen-bond donors (Lipinski definition) is 1. The van der Waals surface area contributed by atoms with Crippen molar-refractivity contribution in [2.45, 2.75) is 45.2 Å². The van der Waals surface area contributed by atoms with Gasteiger partial charge in [-0.05, 0) is 48.9 Å². The first kappa shape index (κ1) is 23.1. The minimum absolute atomic E-state index is 0.0992. The fourth-order valence-electron chi connectivity index (χ4n) is 4.39. The fourth-order valence-corrected chi connectivity index (χ4v) is 4.51. The lowest BCUT2D eigenvalue weighted by Crippen LogP contribution is -2.47. The van der Waals surface area contributed by atoms with Crippen LogP contribution in [0.15, 0.2) is 65.2 Å². The minimum atomic E-state index is -0.512. The van der Waals surface area contributed by atoms with E-state index in [1.807, 2.05) is 61.5 Å². The molecule has 4 rings (SSSR count). The van der Waals surface area contributed by atoms with Crippen LogP contribution in [0.3, 0.4) is 0 Å². The number of benzene rings is 2. The topological polar surface area (TPSA) is 75.4 Å². The lowest BCUT2D eigenvalue weighted by atomic mass is 9.98. The van der Waals surface area contributed by atoms with E-state index < -0.39 is 6.04 Å². The van der Waals surface area contributed by atoms with Crippen molar-refractivity contribution in [2.75, 3.05) is 6.54 Å². The van der Waals surface area contributed by atoms with Crippen LogP contribution < -0.4 is 5.32 Å². The minimum Gasteiger partial charge on any atom is -0.361 e. The zero-order chi connectivity index (χ0) is 23.4. The Labute approximate surface area is 198 Å². The van der Waals surface area contributed by atoms with E-state index in [1.54, 1.807) is 11.0 Å². The molecule has 0 bridgehead atoms. The van der Waals surface area contributed by atoms with Crippen molar-refractivity contribution in [3.05, 3.63) is 88.3 Å². The molecule has 0 saturated carbocycles. The molecule has 1 aliphatic rings. The van der Waals surface area contributed by atoms with Gasteiger partial charge < -0.3 is 14.7 Å². The number of likely N-dealkylation sites (tertiary alicyclic amines) is 1. The maximum Gasteiger partial charge on any atom is 0.243 e. The van der Waals surface area contributed by atoms with Gasteiger partial charge in [-0.1, -0.05) is 66.1 Å². The molecule has 2 amide bonds. The average Bonchev–Trinajstić information content (AvgIpc) is 3.39. The van der Waals surface area contributed by atoms with Gasteiger partial charge in [0.1, 0.15) is 11.8 Å². The van der Waals surface area contributed by atoms with Crippen LogP contribution in [0.1, 0.15) is 42.0 Å². The first-order valence-electron chi connectivity index (χ1n) is 11.2. The van der Waals surface area contributed by atoms with Crippen LogP contribution in [0.5, 0.6) is 0 Å². The summed E-state index contributed by atoms with van der Waals surface area (Å²) in [5, 5.41) is 7.70. The Balaban J connectivity index is 1.51. The van der Waals surface area contributed by atoms with Gasteiger partial charge in [-0.15, -0.1) is 0 Å². The van der Waals surface area contributed by atoms with Crippen molar-refractivity contribution < 1.29 is 14.1 Å². The van der Waals surface area contributed by atoms with Crippen LogP contribution in [0.4, 0.5) is 0 Å². The van der Waals surface area contributed by atoms with Gasteiger partial charge in [0.25, 0.3) is 0 Å². The number of nitrogens with zero attached hydrogens (tertiary/aromatic N) is 2. The molecular formula is C26H28ClN3O3. The maximum atomic E-state index is 13.4. The quantitative estimate of drug-likeness (QED) is 0.556. The Kier molecular flexibility index (Phi) is 7.14. The SMILES string of the molecule is Cc1cc(CC(=O)N2CC(C)CC2C(=O)NC(Cc2ccccc2)c2ccc(Cl)cc2)on1. The highest BCUT2D eigenvalue weighted by Gasteiger charge is 2.38. The van der Waals surface area contributed by atoms with E-state index in [2.05, 4.69) is 17.4 Å². The number of hydrogen-bond acceptors (Lipinski definition) is 4. The van der Waals surface area contributed by atoms with Gasteiger partial charge in [0.15, 0.2) is 0 Å². The molecule has 1 aliphatic heterocycles.